The van der Waals surface area contributed by atoms with Gasteiger partial charge in [-0.3, -0.25) is 0 Å². The standard InChI is InChI=1S/C17H26/c1-6-12-17(4,5)13-14(3)16-11-9-8-10-15(16)7-2/h6,8-12,14H,7,13H2,1-5H3. The molecule has 0 amide bonds. The maximum atomic E-state index is 2.35. The number of allylic oxidation sites excluding steroid dienone is 2. The minimum Gasteiger partial charge on any atom is -0.0911 e. The highest BCUT2D eigenvalue weighted by Gasteiger charge is 2.19. The van der Waals surface area contributed by atoms with Crippen molar-refractivity contribution in [2.45, 2.75) is 53.4 Å². The first kappa shape index (κ1) is 14.0. The van der Waals surface area contributed by atoms with Gasteiger partial charge in [-0.2, -0.15) is 0 Å². The van der Waals surface area contributed by atoms with Gasteiger partial charge in [-0.15, -0.1) is 0 Å². The van der Waals surface area contributed by atoms with Gasteiger partial charge in [-0.25, -0.2) is 0 Å². The van der Waals surface area contributed by atoms with Crippen molar-refractivity contribution < 1.29 is 0 Å². The average molecular weight is 230 g/mol. The Morgan fingerprint density at radius 2 is 1.88 bits per heavy atom. The molecule has 1 aromatic carbocycles. The quantitative estimate of drug-likeness (QED) is 0.598. The molecule has 94 valence electrons. The molecular weight excluding hydrogens is 204 g/mol. The molecule has 0 saturated heterocycles. The van der Waals surface area contributed by atoms with Crippen LogP contribution in [0.15, 0.2) is 36.4 Å². The molecule has 0 nitrogen and oxygen atoms in total. The Hall–Kier alpha value is -1.04. The normalized spacial score (nSPS) is 14.2. The van der Waals surface area contributed by atoms with Gasteiger partial charge in [0.2, 0.25) is 0 Å². The lowest BCUT2D eigenvalue weighted by Crippen LogP contribution is -2.12. The Kier molecular flexibility index (Phi) is 4.99. The van der Waals surface area contributed by atoms with E-state index < -0.39 is 0 Å². The molecule has 0 bridgehead atoms. The molecular formula is C17H26. The Morgan fingerprint density at radius 3 is 2.47 bits per heavy atom. The van der Waals surface area contributed by atoms with Gasteiger partial charge in [0.25, 0.3) is 0 Å². The van der Waals surface area contributed by atoms with Crippen LogP contribution >= 0.6 is 0 Å². The zero-order valence-corrected chi connectivity index (χ0v) is 12.0. The van der Waals surface area contributed by atoms with E-state index in [-0.39, 0.29) is 5.41 Å². The molecule has 0 fully saturated rings. The number of aryl methyl sites for hydroxylation is 1. The van der Waals surface area contributed by atoms with Crippen LogP contribution in [0.1, 0.15) is 58.1 Å². The van der Waals surface area contributed by atoms with E-state index in [2.05, 4.69) is 71.0 Å². The Bertz CT molecular complexity index is 371. The van der Waals surface area contributed by atoms with Gasteiger partial charge in [-0.1, -0.05) is 64.1 Å². The summed E-state index contributed by atoms with van der Waals surface area (Å²) in [6.07, 6.45) is 6.81. The number of benzene rings is 1. The second-order valence-electron chi connectivity index (χ2n) is 5.65. The fourth-order valence-electron chi connectivity index (χ4n) is 2.76. The SMILES string of the molecule is CC=CC(C)(C)CC(C)c1ccccc1CC. The first-order chi connectivity index (χ1) is 8.00. The third-order valence-corrected chi connectivity index (χ3v) is 3.42. The second kappa shape index (κ2) is 6.05. The molecule has 0 aliphatic rings. The van der Waals surface area contributed by atoms with Gasteiger partial charge in [-0.05, 0) is 42.2 Å². The van der Waals surface area contributed by atoms with Crippen LogP contribution in [0.2, 0.25) is 0 Å². The van der Waals surface area contributed by atoms with E-state index in [9.17, 15) is 0 Å². The van der Waals surface area contributed by atoms with Gasteiger partial charge < -0.3 is 0 Å². The Labute approximate surface area is 107 Å². The topological polar surface area (TPSA) is 0 Å². The fourth-order valence-corrected chi connectivity index (χ4v) is 2.76. The van der Waals surface area contributed by atoms with Crippen molar-refractivity contribution in [3.8, 4) is 0 Å². The minimum absolute atomic E-state index is 0.287. The van der Waals surface area contributed by atoms with Crippen LogP contribution in [0.3, 0.4) is 0 Å². The van der Waals surface area contributed by atoms with Gasteiger partial charge in [0.1, 0.15) is 0 Å². The van der Waals surface area contributed by atoms with Gasteiger partial charge in [0.15, 0.2) is 0 Å². The molecule has 0 aliphatic carbocycles. The third-order valence-electron chi connectivity index (χ3n) is 3.42. The zero-order valence-electron chi connectivity index (χ0n) is 12.0. The molecule has 0 aromatic heterocycles. The lowest BCUT2D eigenvalue weighted by Gasteiger charge is -2.26. The molecule has 0 spiro atoms. The number of rotatable bonds is 5. The average Bonchev–Trinajstić information content (AvgIpc) is 2.28. The smallest absolute Gasteiger partial charge is 0.0169 e. The van der Waals surface area contributed by atoms with E-state index in [0.29, 0.717) is 5.92 Å². The first-order valence-electron chi connectivity index (χ1n) is 6.72. The highest BCUT2D eigenvalue weighted by atomic mass is 14.2. The van der Waals surface area contributed by atoms with Crippen LogP contribution in [0, 0.1) is 5.41 Å². The molecule has 0 aliphatic heterocycles. The first-order valence-corrected chi connectivity index (χ1v) is 6.72. The number of hydrogen-bond acceptors (Lipinski definition) is 0. The largest absolute Gasteiger partial charge is 0.0911 e. The Balaban J connectivity index is 2.86. The molecule has 17 heavy (non-hydrogen) atoms. The van der Waals surface area contributed by atoms with Crippen molar-refractivity contribution in [1.82, 2.24) is 0 Å². The van der Waals surface area contributed by atoms with Crippen LogP contribution < -0.4 is 0 Å². The molecule has 0 N–H and O–H groups in total. The van der Waals surface area contributed by atoms with Crippen LogP contribution in [0.5, 0.6) is 0 Å². The maximum absolute atomic E-state index is 2.35. The van der Waals surface area contributed by atoms with Crippen molar-refractivity contribution >= 4 is 0 Å². The van der Waals surface area contributed by atoms with Crippen molar-refractivity contribution in [3.63, 3.8) is 0 Å². The van der Waals surface area contributed by atoms with E-state index in [0.717, 1.165) is 6.42 Å². The third kappa shape index (κ3) is 4.03. The second-order valence-corrected chi connectivity index (χ2v) is 5.65. The van der Waals surface area contributed by atoms with E-state index in [1.807, 2.05) is 0 Å². The molecule has 1 unspecified atom stereocenters. The van der Waals surface area contributed by atoms with Crippen molar-refractivity contribution in [3.05, 3.63) is 47.5 Å². The lowest BCUT2D eigenvalue weighted by atomic mass is 9.79. The van der Waals surface area contributed by atoms with E-state index in [1.54, 1.807) is 0 Å². The Morgan fingerprint density at radius 1 is 1.24 bits per heavy atom. The monoisotopic (exact) mass is 230 g/mol. The van der Waals surface area contributed by atoms with Crippen LogP contribution in [0.25, 0.3) is 0 Å². The summed E-state index contributed by atoms with van der Waals surface area (Å²) < 4.78 is 0. The summed E-state index contributed by atoms with van der Waals surface area (Å²) in [4.78, 5) is 0. The maximum Gasteiger partial charge on any atom is -0.0169 e. The van der Waals surface area contributed by atoms with Crippen molar-refractivity contribution in [1.29, 1.82) is 0 Å². The molecule has 1 rings (SSSR count). The van der Waals surface area contributed by atoms with Crippen LogP contribution in [-0.4, -0.2) is 0 Å². The molecule has 0 radical (unpaired) electrons. The molecule has 0 heteroatoms. The van der Waals surface area contributed by atoms with Gasteiger partial charge >= 0.3 is 0 Å². The van der Waals surface area contributed by atoms with Crippen molar-refractivity contribution in [2.75, 3.05) is 0 Å². The fraction of sp³-hybridized carbons (Fsp3) is 0.529. The summed E-state index contributed by atoms with van der Waals surface area (Å²) in [6, 6.07) is 8.85. The van der Waals surface area contributed by atoms with Crippen LogP contribution in [-0.2, 0) is 6.42 Å². The summed E-state index contributed by atoms with van der Waals surface area (Å²) in [5.74, 6) is 0.623. The summed E-state index contributed by atoms with van der Waals surface area (Å²) in [6.45, 7) is 11.3. The zero-order chi connectivity index (χ0) is 12.9. The van der Waals surface area contributed by atoms with E-state index in [1.165, 1.54) is 17.5 Å². The van der Waals surface area contributed by atoms with Gasteiger partial charge in [0.05, 0.1) is 0 Å². The molecule has 1 aromatic rings. The number of hydrogen-bond donors (Lipinski definition) is 0. The minimum atomic E-state index is 0.287. The summed E-state index contributed by atoms with van der Waals surface area (Å²) in [5, 5.41) is 0. The highest BCUT2D eigenvalue weighted by molar-refractivity contribution is 5.30. The summed E-state index contributed by atoms with van der Waals surface area (Å²) >= 11 is 0. The summed E-state index contributed by atoms with van der Waals surface area (Å²) in [7, 11) is 0. The predicted octanol–water partition coefficient (Wildman–Crippen LogP) is 5.34. The van der Waals surface area contributed by atoms with Crippen LogP contribution in [0.4, 0.5) is 0 Å². The summed E-state index contributed by atoms with van der Waals surface area (Å²) in [5.41, 5.74) is 3.30. The highest BCUT2D eigenvalue weighted by Crippen LogP contribution is 2.33. The van der Waals surface area contributed by atoms with E-state index in [4.69, 9.17) is 0 Å². The van der Waals surface area contributed by atoms with E-state index >= 15 is 0 Å². The van der Waals surface area contributed by atoms with Crippen molar-refractivity contribution in [2.24, 2.45) is 5.41 Å². The van der Waals surface area contributed by atoms with Gasteiger partial charge in [0, 0.05) is 0 Å². The predicted molar refractivity (Wildman–Crippen MR) is 77.4 cm³/mol. The molecule has 0 heterocycles. The molecule has 1 atom stereocenters. The molecule has 0 saturated carbocycles. The lowest BCUT2D eigenvalue weighted by molar-refractivity contribution is 0.400.